The van der Waals surface area contributed by atoms with Gasteiger partial charge in [-0.25, -0.2) is 0 Å². The Bertz CT molecular complexity index is 511. The number of benzene rings is 1. The van der Waals surface area contributed by atoms with Crippen LogP contribution in [0.25, 0.3) is 0 Å². The van der Waals surface area contributed by atoms with Gasteiger partial charge in [0, 0.05) is 24.9 Å². The van der Waals surface area contributed by atoms with Gasteiger partial charge in [-0.15, -0.1) is 0 Å². The fourth-order valence-corrected chi connectivity index (χ4v) is 2.29. The summed E-state index contributed by atoms with van der Waals surface area (Å²) in [7, 11) is 0. The highest BCUT2D eigenvalue weighted by Crippen LogP contribution is 2.09. The van der Waals surface area contributed by atoms with Gasteiger partial charge < -0.3 is 14.8 Å². The average Bonchev–Trinajstić information content (AvgIpc) is 2.59. The zero-order valence-electron chi connectivity index (χ0n) is 15.7. The van der Waals surface area contributed by atoms with E-state index < -0.39 is 0 Å². The molecule has 5 nitrogen and oxygen atoms in total. The molecule has 1 N–H and O–H groups in total. The fourth-order valence-electron chi connectivity index (χ4n) is 2.29. The molecule has 0 aliphatic rings. The second-order valence-electron chi connectivity index (χ2n) is 6.42. The molecule has 0 heterocycles. The van der Waals surface area contributed by atoms with E-state index in [0.717, 1.165) is 6.42 Å². The summed E-state index contributed by atoms with van der Waals surface area (Å²) in [5.74, 6) is 0.725. The monoisotopic (exact) mass is 349 g/mol. The third kappa shape index (κ3) is 9.99. The zero-order chi connectivity index (χ0) is 18.5. The first kappa shape index (κ1) is 21.3. The Morgan fingerprint density at radius 1 is 1.00 bits per heavy atom. The lowest BCUT2D eigenvalue weighted by Gasteiger charge is -2.08. The third-order valence-corrected chi connectivity index (χ3v) is 3.68. The van der Waals surface area contributed by atoms with Gasteiger partial charge in [-0.3, -0.25) is 9.59 Å². The first-order chi connectivity index (χ1) is 12.0. The summed E-state index contributed by atoms with van der Waals surface area (Å²) in [6, 6.07) is 7.73. The molecule has 1 rings (SSSR count). The normalized spacial score (nSPS) is 10.9. The molecule has 0 radical (unpaired) electrons. The van der Waals surface area contributed by atoms with E-state index in [1.165, 1.54) is 5.56 Å². The zero-order valence-corrected chi connectivity index (χ0v) is 15.7. The molecule has 1 aromatic rings. The first-order valence-corrected chi connectivity index (χ1v) is 9.07. The molecular weight excluding hydrogens is 318 g/mol. The molecule has 0 saturated heterocycles. The van der Waals surface area contributed by atoms with Crippen molar-refractivity contribution in [1.29, 1.82) is 0 Å². The second-order valence-corrected chi connectivity index (χ2v) is 6.42. The van der Waals surface area contributed by atoms with Crippen LogP contribution in [-0.4, -0.2) is 44.7 Å². The van der Waals surface area contributed by atoms with E-state index in [1.807, 2.05) is 31.2 Å². The minimum atomic E-state index is -0.0889. The minimum absolute atomic E-state index is 0.0889. The summed E-state index contributed by atoms with van der Waals surface area (Å²) in [5, 5.41) is 2.83. The highest BCUT2D eigenvalue weighted by molar-refractivity contribution is 5.94. The Hall–Kier alpha value is -1.72. The van der Waals surface area contributed by atoms with E-state index in [-0.39, 0.29) is 11.7 Å². The number of Topliss-reactive ketones (excluding diaryl/α,β-unsaturated/α-hetero) is 1. The largest absolute Gasteiger partial charge is 0.379 e. The Morgan fingerprint density at radius 3 is 2.24 bits per heavy atom. The molecule has 0 fully saturated rings. The summed E-state index contributed by atoms with van der Waals surface area (Å²) in [6.45, 7) is 8.46. The predicted octanol–water partition coefficient (Wildman–Crippen LogP) is 3.02. The summed E-state index contributed by atoms with van der Waals surface area (Å²) in [5.41, 5.74) is 1.91. The lowest BCUT2D eigenvalue weighted by molar-refractivity contribution is -0.119. The number of hydrogen-bond acceptors (Lipinski definition) is 4. The maximum atomic E-state index is 12.0. The van der Waals surface area contributed by atoms with Crippen LogP contribution in [0.15, 0.2) is 24.3 Å². The Kier molecular flexibility index (Phi) is 10.8. The summed E-state index contributed by atoms with van der Waals surface area (Å²) < 4.78 is 10.7. The maximum Gasteiger partial charge on any atom is 0.251 e. The van der Waals surface area contributed by atoms with Gasteiger partial charge in [0.2, 0.25) is 0 Å². The van der Waals surface area contributed by atoms with E-state index in [0.29, 0.717) is 57.3 Å². The van der Waals surface area contributed by atoms with Gasteiger partial charge >= 0.3 is 0 Å². The van der Waals surface area contributed by atoms with Crippen LogP contribution in [0.1, 0.15) is 49.5 Å². The minimum Gasteiger partial charge on any atom is -0.379 e. The summed E-state index contributed by atoms with van der Waals surface area (Å²) in [4.78, 5) is 23.1. The number of ketones is 1. The van der Waals surface area contributed by atoms with Gasteiger partial charge in [0.25, 0.3) is 5.91 Å². The topological polar surface area (TPSA) is 64.6 Å². The summed E-state index contributed by atoms with van der Waals surface area (Å²) in [6.07, 6.45) is 2.03. The van der Waals surface area contributed by atoms with Crippen LogP contribution in [0, 0.1) is 5.92 Å². The van der Waals surface area contributed by atoms with Crippen LogP contribution >= 0.6 is 0 Å². The van der Waals surface area contributed by atoms with Gasteiger partial charge in [-0.05, 0) is 30.0 Å². The molecule has 0 atom stereocenters. The molecule has 1 amide bonds. The Labute approximate surface area is 151 Å². The maximum absolute atomic E-state index is 12.0. The SMILES string of the molecule is CCC(=O)CCOCCOCCNC(=O)c1ccc(CC(C)C)cc1. The molecule has 5 heteroatoms. The molecule has 0 aliphatic carbocycles. The van der Waals surface area contributed by atoms with E-state index in [4.69, 9.17) is 9.47 Å². The molecule has 0 unspecified atom stereocenters. The van der Waals surface area contributed by atoms with Crippen LogP contribution in [-0.2, 0) is 20.7 Å². The molecule has 140 valence electrons. The molecule has 1 aromatic carbocycles. The van der Waals surface area contributed by atoms with Gasteiger partial charge in [0.15, 0.2) is 0 Å². The van der Waals surface area contributed by atoms with E-state index in [2.05, 4.69) is 19.2 Å². The number of nitrogens with one attached hydrogen (secondary N) is 1. The van der Waals surface area contributed by atoms with Crippen molar-refractivity contribution >= 4 is 11.7 Å². The quantitative estimate of drug-likeness (QED) is 0.556. The van der Waals surface area contributed by atoms with Gasteiger partial charge in [0.1, 0.15) is 5.78 Å². The molecule has 0 aliphatic heterocycles. The Morgan fingerprint density at radius 2 is 1.64 bits per heavy atom. The molecule has 0 spiro atoms. The van der Waals surface area contributed by atoms with Gasteiger partial charge in [-0.1, -0.05) is 32.9 Å². The van der Waals surface area contributed by atoms with Crippen molar-refractivity contribution in [1.82, 2.24) is 5.32 Å². The van der Waals surface area contributed by atoms with E-state index in [1.54, 1.807) is 0 Å². The van der Waals surface area contributed by atoms with Crippen LogP contribution in [0.4, 0.5) is 0 Å². The van der Waals surface area contributed by atoms with Crippen molar-refractivity contribution < 1.29 is 19.1 Å². The first-order valence-electron chi connectivity index (χ1n) is 9.07. The lowest BCUT2D eigenvalue weighted by Crippen LogP contribution is -2.27. The number of carbonyl (C=O) groups excluding carboxylic acids is 2. The fraction of sp³-hybridized carbons (Fsp3) is 0.600. The smallest absolute Gasteiger partial charge is 0.251 e. The van der Waals surface area contributed by atoms with Crippen LogP contribution in [0.3, 0.4) is 0 Å². The second kappa shape index (κ2) is 12.6. The number of carbonyl (C=O) groups is 2. The number of rotatable bonds is 13. The van der Waals surface area contributed by atoms with Crippen molar-refractivity contribution in [3.8, 4) is 0 Å². The Balaban J connectivity index is 2.08. The number of ether oxygens (including phenoxy) is 2. The van der Waals surface area contributed by atoms with Crippen LogP contribution in [0.2, 0.25) is 0 Å². The van der Waals surface area contributed by atoms with Gasteiger partial charge in [-0.2, -0.15) is 0 Å². The molecule has 0 saturated carbocycles. The van der Waals surface area contributed by atoms with E-state index in [9.17, 15) is 9.59 Å². The third-order valence-electron chi connectivity index (χ3n) is 3.68. The van der Waals surface area contributed by atoms with Crippen molar-refractivity contribution in [3.63, 3.8) is 0 Å². The highest BCUT2D eigenvalue weighted by atomic mass is 16.5. The van der Waals surface area contributed by atoms with E-state index >= 15 is 0 Å². The van der Waals surface area contributed by atoms with Crippen molar-refractivity contribution in [2.24, 2.45) is 5.92 Å². The molecule has 25 heavy (non-hydrogen) atoms. The number of amides is 1. The lowest BCUT2D eigenvalue weighted by atomic mass is 10.0. The van der Waals surface area contributed by atoms with Gasteiger partial charge in [0.05, 0.1) is 26.4 Å². The van der Waals surface area contributed by atoms with Crippen molar-refractivity contribution in [2.75, 3.05) is 33.0 Å². The molecule has 0 aromatic heterocycles. The van der Waals surface area contributed by atoms with Crippen molar-refractivity contribution in [3.05, 3.63) is 35.4 Å². The van der Waals surface area contributed by atoms with Crippen LogP contribution < -0.4 is 5.32 Å². The molecule has 0 bridgehead atoms. The highest BCUT2D eigenvalue weighted by Gasteiger charge is 2.05. The predicted molar refractivity (Wildman–Crippen MR) is 98.9 cm³/mol. The van der Waals surface area contributed by atoms with Crippen LogP contribution in [0.5, 0.6) is 0 Å². The number of hydrogen-bond donors (Lipinski definition) is 1. The van der Waals surface area contributed by atoms with Crippen molar-refractivity contribution in [2.45, 2.75) is 40.0 Å². The standard InChI is InChI=1S/C20H31NO4/c1-4-19(22)9-11-24-13-14-25-12-10-21-20(23)18-7-5-17(6-8-18)15-16(2)3/h5-8,16H,4,9-15H2,1-3H3,(H,21,23). The average molecular weight is 349 g/mol. The summed E-state index contributed by atoms with van der Waals surface area (Å²) >= 11 is 0. The molecular formula is C20H31NO4.